The number of alkyl halides is 3. The van der Waals surface area contributed by atoms with Gasteiger partial charge in [-0.3, -0.25) is 10.1 Å². The summed E-state index contributed by atoms with van der Waals surface area (Å²) in [6.45, 7) is 0. The van der Waals surface area contributed by atoms with Crippen LogP contribution < -0.4 is 10.6 Å². The molecule has 0 atom stereocenters. The van der Waals surface area contributed by atoms with Gasteiger partial charge in [-0.1, -0.05) is 6.07 Å². The molecule has 0 aliphatic carbocycles. The molecule has 2 N–H and O–H groups in total. The highest BCUT2D eigenvalue weighted by Gasteiger charge is 2.30. The molecule has 1 aromatic carbocycles. The molecule has 4 nitrogen and oxygen atoms in total. The Morgan fingerprint density at radius 3 is 2.47 bits per heavy atom. The summed E-state index contributed by atoms with van der Waals surface area (Å²) < 4.78 is 36.8. The molecule has 0 radical (unpaired) electrons. The maximum Gasteiger partial charge on any atom is 0.416 e. The lowest BCUT2D eigenvalue weighted by atomic mass is 10.2. The Balaban J connectivity index is 0.00000256. The van der Waals surface area contributed by atoms with Crippen LogP contribution in [0.3, 0.4) is 0 Å². The largest absolute Gasteiger partial charge is 0.416 e. The average Bonchev–Trinajstić information content (AvgIpc) is 2.17. The topological polar surface area (TPSA) is 58.2 Å². The van der Waals surface area contributed by atoms with Crippen molar-refractivity contribution in [2.24, 2.45) is 0 Å². The monoisotopic (exact) mass is 268 g/mol. The van der Waals surface area contributed by atoms with Crippen LogP contribution in [0.2, 0.25) is 0 Å². The number of rotatable bonds is 2. The maximum absolute atomic E-state index is 12.3. The SMILES string of the molecule is Cl.O=CNC(=O)Nc1cccc(C(F)(F)F)c1. The molecule has 3 amide bonds. The highest BCUT2D eigenvalue weighted by atomic mass is 35.5. The Morgan fingerprint density at radius 1 is 1.29 bits per heavy atom. The first kappa shape index (κ1) is 15.2. The lowest BCUT2D eigenvalue weighted by molar-refractivity contribution is -0.137. The fourth-order valence-electron chi connectivity index (χ4n) is 0.994. The summed E-state index contributed by atoms with van der Waals surface area (Å²) in [5, 5.41) is 3.81. The Hall–Kier alpha value is -1.76. The highest BCUT2D eigenvalue weighted by molar-refractivity contribution is 5.95. The van der Waals surface area contributed by atoms with Gasteiger partial charge in [0.2, 0.25) is 6.41 Å². The summed E-state index contributed by atoms with van der Waals surface area (Å²) in [5.74, 6) is 0. The molecule has 0 bridgehead atoms. The van der Waals surface area contributed by atoms with Crippen molar-refractivity contribution in [1.29, 1.82) is 0 Å². The van der Waals surface area contributed by atoms with Crippen LogP contribution in [0.4, 0.5) is 23.7 Å². The normalized spacial score (nSPS) is 10.1. The quantitative estimate of drug-likeness (QED) is 0.809. The van der Waals surface area contributed by atoms with E-state index in [-0.39, 0.29) is 24.5 Å². The smallest absolute Gasteiger partial charge is 0.308 e. The number of hydrogen-bond acceptors (Lipinski definition) is 2. The number of hydrogen-bond donors (Lipinski definition) is 2. The van der Waals surface area contributed by atoms with Crippen LogP contribution in [0.15, 0.2) is 24.3 Å². The highest BCUT2D eigenvalue weighted by Crippen LogP contribution is 2.30. The summed E-state index contributed by atoms with van der Waals surface area (Å²) >= 11 is 0. The van der Waals surface area contributed by atoms with Crippen molar-refractivity contribution in [2.75, 3.05) is 5.32 Å². The number of imide groups is 1. The van der Waals surface area contributed by atoms with Crippen LogP contribution in [0, 0.1) is 0 Å². The van der Waals surface area contributed by atoms with Crippen LogP contribution in [-0.4, -0.2) is 12.4 Å². The molecule has 0 heterocycles. The van der Waals surface area contributed by atoms with E-state index >= 15 is 0 Å². The minimum absolute atomic E-state index is 0. The van der Waals surface area contributed by atoms with Crippen LogP contribution in [0.5, 0.6) is 0 Å². The van der Waals surface area contributed by atoms with E-state index in [1.165, 1.54) is 6.07 Å². The Labute approximate surface area is 101 Å². The molecule has 0 fully saturated rings. The molecular weight excluding hydrogens is 261 g/mol. The van der Waals surface area contributed by atoms with E-state index in [1.54, 1.807) is 5.32 Å². The molecular formula is C9H8ClF3N2O2. The first-order valence-electron chi connectivity index (χ1n) is 4.12. The van der Waals surface area contributed by atoms with Crippen molar-refractivity contribution in [3.8, 4) is 0 Å². The lowest BCUT2D eigenvalue weighted by Crippen LogP contribution is -2.27. The van der Waals surface area contributed by atoms with Crippen molar-refractivity contribution < 1.29 is 22.8 Å². The number of amides is 3. The third kappa shape index (κ3) is 4.73. The van der Waals surface area contributed by atoms with Gasteiger partial charge in [-0.05, 0) is 18.2 Å². The van der Waals surface area contributed by atoms with E-state index in [0.717, 1.165) is 18.2 Å². The van der Waals surface area contributed by atoms with Crippen molar-refractivity contribution in [3.63, 3.8) is 0 Å². The fourth-order valence-corrected chi connectivity index (χ4v) is 0.994. The summed E-state index contributed by atoms with van der Waals surface area (Å²) in [6.07, 6.45) is -4.35. The van der Waals surface area contributed by atoms with Gasteiger partial charge in [0.15, 0.2) is 0 Å². The number of halogens is 4. The third-order valence-corrected chi connectivity index (χ3v) is 1.64. The van der Waals surface area contributed by atoms with Gasteiger partial charge in [0.1, 0.15) is 0 Å². The predicted molar refractivity (Wildman–Crippen MR) is 56.9 cm³/mol. The lowest BCUT2D eigenvalue weighted by Gasteiger charge is -2.09. The molecule has 0 aromatic heterocycles. The first-order chi connectivity index (χ1) is 7.43. The van der Waals surface area contributed by atoms with Crippen LogP contribution >= 0.6 is 12.4 Å². The van der Waals surface area contributed by atoms with Crippen molar-refractivity contribution in [1.82, 2.24) is 5.32 Å². The van der Waals surface area contributed by atoms with Gasteiger partial charge in [0, 0.05) is 5.69 Å². The van der Waals surface area contributed by atoms with E-state index in [2.05, 4.69) is 5.32 Å². The van der Waals surface area contributed by atoms with E-state index < -0.39 is 17.8 Å². The van der Waals surface area contributed by atoms with E-state index in [4.69, 9.17) is 0 Å². The molecule has 1 aromatic rings. The van der Waals surface area contributed by atoms with Gasteiger partial charge in [-0.15, -0.1) is 12.4 Å². The predicted octanol–water partition coefficient (Wildman–Crippen LogP) is 2.41. The number of carbonyl (C=O) groups is 2. The van der Waals surface area contributed by atoms with Gasteiger partial charge in [0.05, 0.1) is 5.56 Å². The van der Waals surface area contributed by atoms with Crippen molar-refractivity contribution in [2.45, 2.75) is 6.18 Å². The zero-order chi connectivity index (χ0) is 12.2. The van der Waals surface area contributed by atoms with Crippen LogP contribution in [-0.2, 0) is 11.0 Å². The molecule has 17 heavy (non-hydrogen) atoms. The van der Waals surface area contributed by atoms with Crippen molar-refractivity contribution in [3.05, 3.63) is 29.8 Å². The molecule has 0 aliphatic heterocycles. The van der Waals surface area contributed by atoms with Crippen molar-refractivity contribution >= 4 is 30.5 Å². The minimum atomic E-state index is -4.47. The standard InChI is InChI=1S/C9H7F3N2O2.ClH/c10-9(11,12)6-2-1-3-7(4-6)14-8(16)13-5-15;/h1-5H,(H2,13,14,15,16);1H. The third-order valence-electron chi connectivity index (χ3n) is 1.64. The van der Waals surface area contributed by atoms with E-state index in [9.17, 15) is 22.8 Å². The van der Waals surface area contributed by atoms with Gasteiger partial charge in [-0.2, -0.15) is 13.2 Å². The zero-order valence-corrected chi connectivity index (χ0v) is 9.06. The number of urea groups is 1. The molecule has 1 rings (SSSR count). The van der Waals surface area contributed by atoms with Crippen LogP contribution in [0.25, 0.3) is 0 Å². The Morgan fingerprint density at radius 2 is 1.94 bits per heavy atom. The number of anilines is 1. The Kier molecular flexibility index (Phi) is 5.46. The molecule has 94 valence electrons. The van der Waals surface area contributed by atoms with Gasteiger partial charge < -0.3 is 5.32 Å². The number of nitrogens with one attached hydrogen (secondary N) is 2. The van der Waals surface area contributed by atoms with E-state index in [1.807, 2.05) is 0 Å². The minimum Gasteiger partial charge on any atom is -0.308 e. The maximum atomic E-state index is 12.3. The fraction of sp³-hybridized carbons (Fsp3) is 0.111. The second-order valence-corrected chi connectivity index (χ2v) is 2.79. The summed E-state index contributed by atoms with van der Waals surface area (Å²) in [7, 11) is 0. The van der Waals surface area contributed by atoms with Gasteiger partial charge in [0.25, 0.3) is 0 Å². The second kappa shape index (κ2) is 6.09. The molecule has 0 saturated heterocycles. The summed E-state index contributed by atoms with van der Waals surface area (Å²) in [4.78, 5) is 20.7. The molecule has 0 unspecified atom stereocenters. The van der Waals surface area contributed by atoms with E-state index in [0.29, 0.717) is 0 Å². The van der Waals surface area contributed by atoms with Gasteiger partial charge in [-0.25, -0.2) is 4.79 Å². The average molecular weight is 269 g/mol. The number of benzene rings is 1. The Bertz CT molecular complexity index is 409. The first-order valence-corrected chi connectivity index (χ1v) is 4.12. The molecule has 0 spiro atoms. The summed E-state index contributed by atoms with van der Waals surface area (Å²) in [6, 6.07) is 3.18. The molecule has 0 aliphatic rings. The number of carbonyl (C=O) groups excluding carboxylic acids is 2. The second-order valence-electron chi connectivity index (χ2n) is 2.79. The summed E-state index contributed by atoms with van der Waals surface area (Å²) in [5.41, 5.74) is -0.925. The zero-order valence-electron chi connectivity index (χ0n) is 8.25. The van der Waals surface area contributed by atoms with Crippen LogP contribution in [0.1, 0.15) is 5.56 Å². The van der Waals surface area contributed by atoms with Gasteiger partial charge >= 0.3 is 12.2 Å². The molecule has 8 heteroatoms. The molecule has 0 saturated carbocycles.